The Morgan fingerprint density at radius 2 is 2.43 bits per heavy atom. The molecule has 0 unspecified atom stereocenters. The number of hydrogen-bond acceptors (Lipinski definition) is 7. The normalized spacial score (nSPS) is 20.1. The summed E-state index contributed by atoms with van der Waals surface area (Å²) in [6.07, 6.45) is 5.67. The van der Waals surface area contributed by atoms with Crippen molar-refractivity contribution in [3.05, 3.63) is 36.1 Å². The van der Waals surface area contributed by atoms with Gasteiger partial charge < -0.3 is 4.52 Å². The second-order valence-electron chi connectivity index (χ2n) is 5.76. The predicted molar refractivity (Wildman–Crippen MR) is 85.8 cm³/mol. The Morgan fingerprint density at radius 1 is 1.48 bits per heavy atom. The average Bonchev–Trinajstić information content (AvgIpc) is 3.33. The lowest BCUT2D eigenvalue weighted by Crippen LogP contribution is -2.35. The van der Waals surface area contributed by atoms with Gasteiger partial charge in [0.05, 0.1) is 17.5 Å². The van der Waals surface area contributed by atoms with Crippen LogP contribution in [0.5, 0.6) is 0 Å². The molecule has 0 N–H and O–H groups in total. The quantitative estimate of drug-likeness (QED) is 0.716. The number of thiophene rings is 1. The Hall–Kier alpha value is -2.06. The Morgan fingerprint density at radius 3 is 3.22 bits per heavy atom. The molecule has 2 atom stereocenters. The van der Waals surface area contributed by atoms with Gasteiger partial charge in [-0.3, -0.25) is 9.58 Å². The third-order valence-electron chi connectivity index (χ3n) is 4.33. The van der Waals surface area contributed by atoms with Crippen LogP contribution >= 0.6 is 11.3 Å². The summed E-state index contributed by atoms with van der Waals surface area (Å²) in [5.41, 5.74) is 0. The van der Waals surface area contributed by atoms with Gasteiger partial charge in [0.15, 0.2) is 0 Å². The zero-order valence-corrected chi connectivity index (χ0v) is 13.7. The van der Waals surface area contributed by atoms with Crippen molar-refractivity contribution in [1.82, 2.24) is 29.8 Å². The lowest BCUT2D eigenvalue weighted by Gasteiger charge is -2.28. The molecule has 0 aromatic carbocycles. The molecule has 4 heterocycles. The fourth-order valence-corrected chi connectivity index (χ4v) is 3.81. The summed E-state index contributed by atoms with van der Waals surface area (Å²) in [5.74, 6) is 1.35. The average molecular weight is 330 g/mol. The van der Waals surface area contributed by atoms with Crippen LogP contribution in [0.1, 0.15) is 31.7 Å². The van der Waals surface area contributed by atoms with Crippen LogP contribution in [0.25, 0.3) is 10.7 Å². The van der Waals surface area contributed by atoms with Crippen molar-refractivity contribution in [3.63, 3.8) is 0 Å². The van der Waals surface area contributed by atoms with E-state index in [1.807, 2.05) is 22.2 Å². The SMILES string of the molecule is C[C@H](c1nc(-c2cccs2)no1)N1CCC[C@@H]1Cn1cncn1. The summed E-state index contributed by atoms with van der Waals surface area (Å²) in [7, 11) is 0. The van der Waals surface area contributed by atoms with Gasteiger partial charge in [0.1, 0.15) is 12.7 Å². The topological polar surface area (TPSA) is 72.9 Å². The minimum absolute atomic E-state index is 0.104. The summed E-state index contributed by atoms with van der Waals surface area (Å²) in [5, 5.41) is 10.4. The van der Waals surface area contributed by atoms with Crippen LogP contribution in [0.4, 0.5) is 0 Å². The number of nitrogens with zero attached hydrogens (tertiary/aromatic N) is 6. The van der Waals surface area contributed by atoms with Gasteiger partial charge in [0, 0.05) is 6.04 Å². The highest BCUT2D eigenvalue weighted by Gasteiger charge is 2.32. The maximum absolute atomic E-state index is 5.52. The number of hydrogen-bond donors (Lipinski definition) is 0. The van der Waals surface area contributed by atoms with Crippen molar-refractivity contribution in [2.45, 2.75) is 38.4 Å². The van der Waals surface area contributed by atoms with Crippen molar-refractivity contribution >= 4 is 11.3 Å². The first-order chi connectivity index (χ1) is 11.3. The van der Waals surface area contributed by atoms with Gasteiger partial charge >= 0.3 is 0 Å². The number of rotatable bonds is 5. The highest BCUT2D eigenvalue weighted by Crippen LogP contribution is 2.30. The van der Waals surface area contributed by atoms with Gasteiger partial charge in [-0.05, 0) is 37.8 Å². The number of likely N-dealkylation sites (tertiary alicyclic amines) is 1. The van der Waals surface area contributed by atoms with Gasteiger partial charge in [-0.25, -0.2) is 4.98 Å². The third kappa shape index (κ3) is 2.91. The Bertz CT molecular complexity index is 738. The first-order valence-corrected chi connectivity index (χ1v) is 8.65. The monoisotopic (exact) mass is 330 g/mol. The standard InChI is InChI=1S/C15H18N6OS/c1-11(15-18-14(19-22-15)13-5-3-7-23-13)21-6-2-4-12(21)8-20-10-16-9-17-20/h3,5,7,9-12H,2,4,6,8H2,1H3/t11-,12-/m1/s1. The van der Waals surface area contributed by atoms with Crippen molar-refractivity contribution in [2.24, 2.45) is 0 Å². The highest BCUT2D eigenvalue weighted by atomic mass is 32.1. The summed E-state index contributed by atoms with van der Waals surface area (Å²) in [4.78, 5) is 12.1. The van der Waals surface area contributed by atoms with Gasteiger partial charge in [-0.1, -0.05) is 11.2 Å². The Labute approximate surface area is 138 Å². The van der Waals surface area contributed by atoms with Crippen LogP contribution in [0.3, 0.4) is 0 Å². The van der Waals surface area contributed by atoms with Gasteiger partial charge in [0.25, 0.3) is 0 Å². The maximum atomic E-state index is 5.52. The molecule has 0 bridgehead atoms. The molecule has 3 aromatic rings. The van der Waals surface area contributed by atoms with Crippen molar-refractivity contribution in [2.75, 3.05) is 6.54 Å². The second kappa shape index (κ2) is 6.21. The molecule has 8 heteroatoms. The van der Waals surface area contributed by atoms with Gasteiger partial charge in [0.2, 0.25) is 11.7 Å². The second-order valence-corrected chi connectivity index (χ2v) is 6.71. The van der Waals surface area contributed by atoms with E-state index in [-0.39, 0.29) is 6.04 Å². The maximum Gasteiger partial charge on any atom is 0.244 e. The van der Waals surface area contributed by atoms with E-state index in [1.165, 1.54) is 6.42 Å². The molecule has 0 aliphatic carbocycles. The van der Waals surface area contributed by atoms with E-state index in [9.17, 15) is 0 Å². The zero-order valence-electron chi connectivity index (χ0n) is 12.9. The molecule has 120 valence electrons. The Kier molecular flexibility index (Phi) is 3.92. The van der Waals surface area contributed by atoms with Gasteiger partial charge in [-0.2, -0.15) is 10.1 Å². The zero-order chi connectivity index (χ0) is 15.6. The molecule has 0 saturated carbocycles. The Balaban J connectivity index is 1.50. The molecule has 1 aliphatic rings. The van der Waals surface area contributed by atoms with Crippen LogP contribution in [0, 0.1) is 0 Å². The molecular formula is C15H18N6OS. The smallest absolute Gasteiger partial charge is 0.244 e. The van der Waals surface area contributed by atoms with Crippen molar-refractivity contribution < 1.29 is 4.52 Å². The molecule has 0 spiro atoms. The van der Waals surface area contributed by atoms with E-state index >= 15 is 0 Å². The molecule has 1 fully saturated rings. The minimum Gasteiger partial charge on any atom is -0.337 e. The summed E-state index contributed by atoms with van der Waals surface area (Å²) < 4.78 is 7.40. The van der Waals surface area contributed by atoms with Crippen LogP contribution in [-0.2, 0) is 6.54 Å². The predicted octanol–water partition coefficient (Wildman–Crippen LogP) is 2.62. The number of aromatic nitrogens is 5. The van der Waals surface area contributed by atoms with E-state index < -0.39 is 0 Å². The van der Waals surface area contributed by atoms with Crippen LogP contribution in [0.15, 0.2) is 34.7 Å². The molecule has 7 nitrogen and oxygen atoms in total. The lowest BCUT2D eigenvalue weighted by molar-refractivity contribution is 0.144. The molecule has 0 amide bonds. The fourth-order valence-electron chi connectivity index (χ4n) is 3.16. The first kappa shape index (κ1) is 14.5. The van der Waals surface area contributed by atoms with E-state index in [2.05, 4.69) is 32.0 Å². The fraction of sp³-hybridized carbons (Fsp3) is 0.467. The largest absolute Gasteiger partial charge is 0.337 e. The van der Waals surface area contributed by atoms with Crippen LogP contribution in [-0.4, -0.2) is 42.4 Å². The molecule has 1 aliphatic heterocycles. The first-order valence-electron chi connectivity index (χ1n) is 7.77. The molecule has 23 heavy (non-hydrogen) atoms. The molecule has 0 radical (unpaired) electrons. The van der Waals surface area contributed by atoms with E-state index in [0.717, 1.165) is 24.4 Å². The third-order valence-corrected chi connectivity index (χ3v) is 5.19. The molecule has 4 rings (SSSR count). The summed E-state index contributed by atoms with van der Waals surface area (Å²) in [6, 6.07) is 4.53. The highest BCUT2D eigenvalue weighted by molar-refractivity contribution is 7.13. The van der Waals surface area contributed by atoms with Crippen LogP contribution < -0.4 is 0 Å². The molecular weight excluding hydrogens is 312 g/mol. The van der Waals surface area contributed by atoms with E-state index in [0.29, 0.717) is 17.8 Å². The summed E-state index contributed by atoms with van der Waals surface area (Å²) in [6.45, 7) is 4.01. The van der Waals surface area contributed by atoms with Crippen LogP contribution in [0.2, 0.25) is 0 Å². The minimum atomic E-state index is 0.104. The molecule has 3 aromatic heterocycles. The van der Waals surface area contributed by atoms with Gasteiger partial charge in [-0.15, -0.1) is 11.3 Å². The van der Waals surface area contributed by atoms with E-state index in [1.54, 1.807) is 24.0 Å². The lowest BCUT2D eigenvalue weighted by atomic mass is 10.2. The van der Waals surface area contributed by atoms with Crippen molar-refractivity contribution in [1.29, 1.82) is 0 Å². The summed E-state index contributed by atoms with van der Waals surface area (Å²) >= 11 is 1.62. The molecule has 1 saturated heterocycles. The van der Waals surface area contributed by atoms with Crippen molar-refractivity contribution in [3.8, 4) is 10.7 Å². The van der Waals surface area contributed by atoms with E-state index in [4.69, 9.17) is 4.52 Å².